The van der Waals surface area contributed by atoms with E-state index in [-0.39, 0.29) is 28.4 Å². The monoisotopic (exact) mass is 452 g/mol. The third kappa shape index (κ3) is 4.07. The average molecular weight is 452 g/mol. The quantitative estimate of drug-likeness (QED) is 0.425. The van der Waals surface area contributed by atoms with Crippen LogP contribution in [0.5, 0.6) is 0 Å². The van der Waals surface area contributed by atoms with Crippen LogP contribution < -0.4 is 5.73 Å². The smallest absolute Gasteiger partial charge is 0.269 e. The Labute approximate surface area is 188 Å². The van der Waals surface area contributed by atoms with E-state index in [0.29, 0.717) is 13.1 Å². The first-order valence-corrected chi connectivity index (χ1v) is 10.2. The Hall–Kier alpha value is -3.70. The van der Waals surface area contributed by atoms with Gasteiger partial charge in [0, 0.05) is 43.3 Å². The second-order valence-corrected chi connectivity index (χ2v) is 8.20. The van der Waals surface area contributed by atoms with Crippen molar-refractivity contribution in [2.45, 2.75) is 6.04 Å². The molecular formula is C21H20N6O4S. The lowest BCUT2D eigenvalue weighted by Crippen LogP contribution is -2.42. The van der Waals surface area contributed by atoms with Crippen LogP contribution in [0.15, 0.2) is 59.2 Å². The summed E-state index contributed by atoms with van der Waals surface area (Å²) >= 11 is 5.25. The van der Waals surface area contributed by atoms with Gasteiger partial charge in [0.05, 0.1) is 21.6 Å². The second kappa shape index (κ2) is 8.44. The first-order valence-electron chi connectivity index (χ1n) is 9.80. The molecule has 0 aliphatic carbocycles. The molecule has 2 heterocycles. The minimum Gasteiger partial charge on any atom is -0.375 e. The molecule has 2 atom stereocenters. The highest BCUT2D eigenvalue weighted by atomic mass is 32.1. The molecule has 10 nitrogen and oxygen atoms in total. The Morgan fingerprint density at radius 1 is 1.09 bits per heavy atom. The largest absolute Gasteiger partial charge is 0.375 e. The molecule has 2 aromatic carbocycles. The van der Waals surface area contributed by atoms with Crippen LogP contribution in [0.3, 0.4) is 0 Å². The van der Waals surface area contributed by atoms with Crippen molar-refractivity contribution < 1.29 is 9.85 Å². The average Bonchev–Trinajstić information content (AvgIpc) is 3.14. The van der Waals surface area contributed by atoms with Gasteiger partial charge in [0.15, 0.2) is 5.11 Å². The third-order valence-corrected chi connectivity index (χ3v) is 5.79. The molecule has 2 aliphatic rings. The number of nitrogens with zero attached hydrogens (tertiary/aromatic N) is 5. The Morgan fingerprint density at radius 2 is 1.66 bits per heavy atom. The summed E-state index contributed by atoms with van der Waals surface area (Å²) in [6, 6.07) is 12.4. The number of hydrazone groups is 1. The molecule has 2 N–H and O–H groups in total. The number of rotatable bonds is 4. The van der Waals surface area contributed by atoms with Crippen LogP contribution in [0.2, 0.25) is 0 Å². The van der Waals surface area contributed by atoms with Crippen LogP contribution in [0.4, 0.5) is 11.4 Å². The molecule has 0 spiro atoms. The van der Waals surface area contributed by atoms with Gasteiger partial charge in [-0.1, -0.05) is 12.1 Å². The number of benzene rings is 2. The summed E-state index contributed by atoms with van der Waals surface area (Å²) < 4.78 is 0. The molecule has 0 radical (unpaired) electrons. The SMILES string of the molecule is CN1C/C(=C/c2ccc([N+](=O)[O-])cc2)C2=NN(C(N)=S)[C@@H](c3ccc([N+](=O)[O-])cc3)[C@H]2C1. The molecular weight excluding hydrogens is 432 g/mol. The summed E-state index contributed by atoms with van der Waals surface area (Å²) in [5, 5.41) is 28.4. The van der Waals surface area contributed by atoms with Gasteiger partial charge < -0.3 is 10.6 Å². The lowest BCUT2D eigenvalue weighted by molar-refractivity contribution is -0.385. The van der Waals surface area contributed by atoms with E-state index in [1.165, 1.54) is 24.3 Å². The molecule has 11 heteroatoms. The number of fused-ring (bicyclic) bond motifs is 1. The Kier molecular flexibility index (Phi) is 5.68. The number of hydrogen-bond donors (Lipinski definition) is 1. The van der Waals surface area contributed by atoms with Crippen molar-refractivity contribution in [1.29, 1.82) is 0 Å². The van der Waals surface area contributed by atoms with Gasteiger partial charge in [0.2, 0.25) is 0 Å². The number of non-ortho nitro benzene ring substituents is 2. The predicted molar refractivity (Wildman–Crippen MR) is 124 cm³/mol. The number of nitrogens with two attached hydrogens (primary N) is 1. The summed E-state index contributed by atoms with van der Waals surface area (Å²) in [5.41, 5.74) is 9.48. The minimum absolute atomic E-state index is 0.00859. The molecule has 2 aliphatic heterocycles. The van der Waals surface area contributed by atoms with E-state index in [4.69, 9.17) is 23.1 Å². The van der Waals surface area contributed by atoms with Gasteiger partial charge >= 0.3 is 0 Å². The van der Waals surface area contributed by atoms with Gasteiger partial charge in [-0.2, -0.15) is 5.10 Å². The maximum atomic E-state index is 11.0. The molecule has 0 amide bonds. The van der Waals surface area contributed by atoms with Crippen LogP contribution >= 0.6 is 12.2 Å². The van der Waals surface area contributed by atoms with E-state index in [9.17, 15) is 20.2 Å². The van der Waals surface area contributed by atoms with Crippen LogP contribution in [-0.4, -0.2) is 50.7 Å². The van der Waals surface area contributed by atoms with E-state index < -0.39 is 9.85 Å². The summed E-state index contributed by atoms with van der Waals surface area (Å²) in [6.07, 6.45) is 1.96. The molecule has 0 saturated carbocycles. The summed E-state index contributed by atoms with van der Waals surface area (Å²) in [5.74, 6) is -0.0546. The Balaban J connectivity index is 1.71. The molecule has 164 valence electrons. The lowest BCUT2D eigenvalue weighted by Gasteiger charge is -2.34. The van der Waals surface area contributed by atoms with Crippen molar-refractivity contribution in [3.05, 3.63) is 85.5 Å². The van der Waals surface area contributed by atoms with Crippen molar-refractivity contribution in [2.75, 3.05) is 20.1 Å². The molecule has 4 rings (SSSR count). The normalized spacial score (nSPS) is 21.8. The zero-order valence-corrected chi connectivity index (χ0v) is 17.9. The van der Waals surface area contributed by atoms with E-state index in [0.717, 1.165) is 22.4 Å². The fourth-order valence-corrected chi connectivity index (χ4v) is 4.35. The number of thiocarbonyl (C=S) groups is 1. The maximum Gasteiger partial charge on any atom is 0.269 e. The van der Waals surface area contributed by atoms with Gasteiger partial charge in [-0.05, 0) is 54.2 Å². The Morgan fingerprint density at radius 3 is 2.19 bits per heavy atom. The van der Waals surface area contributed by atoms with Crippen molar-refractivity contribution in [2.24, 2.45) is 16.8 Å². The van der Waals surface area contributed by atoms with E-state index in [2.05, 4.69) is 4.90 Å². The van der Waals surface area contributed by atoms with E-state index >= 15 is 0 Å². The standard InChI is InChI=1S/C21H20N6O4S/c1-24-11-15(10-13-2-6-16(7-3-13)26(28)29)19-18(12-24)20(25(23-19)21(22)32)14-4-8-17(9-5-14)27(30)31/h2-10,18,20H,11-12H2,1H3,(H2,22,32)/b15-10-/t18-,20-/m0/s1. The highest BCUT2D eigenvalue weighted by molar-refractivity contribution is 7.80. The van der Waals surface area contributed by atoms with Crippen LogP contribution in [0, 0.1) is 26.1 Å². The topological polar surface area (TPSA) is 131 Å². The zero-order valence-electron chi connectivity index (χ0n) is 17.1. The van der Waals surface area contributed by atoms with Gasteiger partial charge in [0.1, 0.15) is 0 Å². The van der Waals surface area contributed by atoms with Gasteiger partial charge in [-0.3, -0.25) is 20.2 Å². The summed E-state index contributed by atoms with van der Waals surface area (Å²) in [4.78, 5) is 23.2. The van der Waals surface area contributed by atoms with Gasteiger partial charge in [0.25, 0.3) is 11.4 Å². The molecule has 0 bridgehead atoms. The van der Waals surface area contributed by atoms with Gasteiger partial charge in [-0.15, -0.1) is 0 Å². The van der Waals surface area contributed by atoms with Gasteiger partial charge in [-0.25, -0.2) is 5.01 Å². The molecule has 0 unspecified atom stereocenters. The number of nitro groups is 2. The summed E-state index contributed by atoms with van der Waals surface area (Å²) in [6.45, 7) is 1.35. The molecule has 0 aromatic heterocycles. The maximum absolute atomic E-state index is 11.0. The van der Waals surface area contributed by atoms with Crippen LogP contribution in [0.1, 0.15) is 17.2 Å². The first-order chi connectivity index (χ1) is 15.2. The number of likely N-dealkylation sites (N-methyl/N-ethyl adjacent to an activating group) is 1. The minimum atomic E-state index is -0.439. The number of likely N-dealkylation sites (tertiary alicyclic amines) is 1. The number of nitro benzene ring substituents is 2. The highest BCUT2D eigenvalue weighted by Crippen LogP contribution is 2.41. The number of hydrogen-bond acceptors (Lipinski definition) is 7. The first kappa shape index (κ1) is 21.5. The lowest BCUT2D eigenvalue weighted by atomic mass is 9.83. The van der Waals surface area contributed by atoms with Crippen molar-refractivity contribution in [3.63, 3.8) is 0 Å². The van der Waals surface area contributed by atoms with Crippen molar-refractivity contribution >= 4 is 40.5 Å². The zero-order chi connectivity index (χ0) is 23.0. The predicted octanol–water partition coefficient (Wildman–Crippen LogP) is 3.10. The summed E-state index contributed by atoms with van der Waals surface area (Å²) in [7, 11) is 2.00. The van der Waals surface area contributed by atoms with E-state index in [1.54, 1.807) is 29.3 Å². The van der Waals surface area contributed by atoms with E-state index in [1.807, 2.05) is 13.1 Å². The molecule has 1 saturated heterocycles. The second-order valence-electron chi connectivity index (χ2n) is 7.78. The molecule has 1 fully saturated rings. The fourth-order valence-electron chi connectivity index (χ4n) is 4.20. The number of piperidine rings is 1. The fraction of sp³-hybridized carbons (Fsp3) is 0.238. The van der Waals surface area contributed by atoms with Crippen molar-refractivity contribution in [3.8, 4) is 0 Å². The Bertz CT molecular complexity index is 1150. The van der Waals surface area contributed by atoms with Crippen molar-refractivity contribution in [1.82, 2.24) is 9.91 Å². The molecule has 2 aromatic rings. The third-order valence-electron chi connectivity index (χ3n) is 5.60. The van der Waals surface area contributed by atoms with Crippen LogP contribution in [-0.2, 0) is 0 Å². The van der Waals surface area contributed by atoms with Crippen LogP contribution in [0.25, 0.3) is 6.08 Å². The molecule has 32 heavy (non-hydrogen) atoms. The highest BCUT2D eigenvalue weighted by Gasteiger charge is 2.43.